The van der Waals surface area contributed by atoms with Gasteiger partial charge in [-0.3, -0.25) is 9.59 Å². The molecule has 0 unspecified atom stereocenters. The number of nitrogens with one attached hydrogen (secondary N) is 1. The molecule has 30 heavy (non-hydrogen) atoms. The van der Waals surface area contributed by atoms with Crippen molar-refractivity contribution in [3.8, 4) is 22.8 Å². The monoisotopic (exact) mass is 415 g/mol. The number of ether oxygens (including phenoxy) is 2. The van der Waals surface area contributed by atoms with Gasteiger partial charge in [-0.15, -0.1) is 0 Å². The van der Waals surface area contributed by atoms with Crippen LogP contribution in [0.25, 0.3) is 11.3 Å². The smallest absolute Gasteiger partial charge is 0.267 e. The van der Waals surface area contributed by atoms with Crippen LogP contribution in [0.3, 0.4) is 0 Å². The lowest BCUT2D eigenvalue weighted by atomic mass is 10.1. The lowest BCUT2D eigenvalue weighted by molar-refractivity contribution is -0.122. The molecule has 156 valence electrons. The molecule has 3 rings (SSSR count). The van der Waals surface area contributed by atoms with Gasteiger partial charge in [0, 0.05) is 29.8 Å². The van der Waals surface area contributed by atoms with E-state index in [2.05, 4.69) is 10.4 Å². The number of hydrogen-bond acceptors (Lipinski definition) is 5. The number of nitrogens with zero attached hydrogens (tertiary/aromatic N) is 2. The second kappa shape index (κ2) is 9.17. The number of rotatable bonds is 7. The molecule has 1 amide bonds. The van der Waals surface area contributed by atoms with Gasteiger partial charge in [-0.2, -0.15) is 5.10 Å². The van der Waals surface area contributed by atoms with E-state index >= 15 is 0 Å². The van der Waals surface area contributed by atoms with Crippen LogP contribution in [0.15, 0.2) is 53.3 Å². The van der Waals surface area contributed by atoms with Gasteiger partial charge in [0.15, 0.2) is 0 Å². The summed E-state index contributed by atoms with van der Waals surface area (Å²) in [5, 5.41) is 6.72. The van der Waals surface area contributed by atoms with Crippen LogP contribution in [0, 0.1) is 11.6 Å². The Kier molecular flexibility index (Phi) is 6.41. The average Bonchev–Trinajstić information content (AvgIpc) is 2.74. The SMILES string of the molecule is COc1ccc(OC)c(-c2ccc(=O)n(CC(=O)NCc3ccc(F)cc3F)n2)c1. The fourth-order valence-electron chi connectivity index (χ4n) is 2.77. The van der Waals surface area contributed by atoms with Gasteiger partial charge in [-0.1, -0.05) is 6.07 Å². The van der Waals surface area contributed by atoms with E-state index in [-0.39, 0.29) is 18.7 Å². The summed E-state index contributed by atoms with van der Waals surface area (Å²) >= 11 is 0. The lowest BCUT2D eigenvalue weighted by Gasteiger charge is -2.12. The molecule has 2 aromatic carbocycles. The predicted molar refractivity (Wildman–Crippen MR) is 105 cm³/mol. The number of methoxy groups -OCH3 is 2. The first kappa shape index (κ1) is 21.0. The number of amides is 1. The zero-order chi connectivity index (χ0) is 21.7. The van der Waals surface area contributed by atoms with Gasteiger partial charge >= 0.3 is 0 Å². The quantitative estimate of drug-likeness (QED) is 0.641. The minimum absolute atomic E-state index is 0.125. The largest absolute Gasteiger partial charge is 0.497 e. The van der Waals surface area contributed by atoms with Crippen molar-refractivity contribution >= 4 is 5.91 Å². The number of carbonyl (C=O) groups excluding carboxylic acids is 1. The zero-order valence-corrected chi connectivity index (χ0v) is 16.3. The standard InChI is InChI=1S/C21H19F2N3O4/c1-29-15-5-7-19(30-2)16(10-15)18-6-8-21(28)26(25-18)12-20(27)24-11-13-3-4-14(22)9-17(13)23/h3-10H,11-12H2,1-2H3,(H,24,27). The molecule has 0 saturated heterocycles. The maximum atomic E-state index is 13.7. The molecule has 0 aliphatic heterocycles. The number of benzene rings is 2. The summed E-state index contributed by atoms with van der Waals surface area (Å²) in [5.41, 5.74) is 0.630. The average molecular weight is 415 g/mol. The number of aromatic nitrogens is 2. The summed E-state index contributed by atoms with van der Waals surface area (Å²) < 4.78 is 38.2. The molecule has 0 fully saturated rings. The molecule has 1 heterocycles. The molecule has 0 atom stereocenters. The highest BCUT2D eigenvalue weighted by Crippen LogP contribution is 2.31. The molecule has 0 radical (unpaired) electrons. The fourth-order valence-corrected chi connectivity index (χ4v) is 2.77. The van der Waals surface area contributed by atoms with Crippen molar-refractivity contribution in [1.82, 2.24) is 15.1 Å². The van der Waals surface area contributed by atoms with Crippen LogP contribution >= 0.6 is 0 Å². The molecule has 0 bridgehead atoms. The third-order valence-electron chi connectivity index (χ3n) is 4.33. The molecule has 0 aliphatic rings. The minimum Gasteiger partial charge on any atom is -0.497 e. The van der Waals surface area contributed by atoms with Crippen LogP contribution in [0.5, 0.6) is 11.5 Å². The molecule has 0 saturated carbocycles. The Morgan fingerprint density at radius 1 is 1.07 bits per heavy atom. The van der Waals surface area contributed by atoms with Crippen molar-refractivity contribution in [2.24, 2.45) is 0 Å². The number of carbonyl (C=O) groups is 1. The lowest BCUT2D eigenvalue weighted by Crippen LogP contribution is -2.33. The second-order valence-corrected chi connectivity index (χ2v) is 6.29. The molecule has 1 aromatic heterocycles. The van der Waals surface area contributed by atoms with Crippen LogP contribution < -0.4 is 20.3 Å². The fraction of sp³-hybridized carbons (Fsp3) is 0.190. The van der Waals surface area contributed by atoms with Crippen LogP contribution in [0.4, 0.5) is 8.78 Å². The third-order valence-corrected chi connectivity index (χ3v) is 4.33. The summed E-state index contributed by atoms with van der Waals surface area (Å²) in [6, 6.07) is 11.0. The van der Waals surface area contributed by atoms with Crippen molar-refractivity contribution < 1.29 is 23.0 Å². The van der Waals surface area contributed by atoms with Gasteiger partial charge in [0.2, 0.25) is 5.91 Å². The van der Waals surface area contributed by atoms with E-state index in [1.54, 1.807) is 18.2 Å². The third kappa shape index (κ3) is 4.80. The van der Waals surface area contributed by atoms with E-state index in [0.717, 1.165) is 16.8 Å². The molecule has 3 aromatic rings. The molecule has 0 aliphatic carbocycles. The number of hydrogen-bond donors (Lipinski definition) is 1. The zero-order valence-electron chi connectivity index (χ0n) is 16.3. The number of halogens is 2. The van der Waals surface area contributed by atoms with E-state index in [1.165, 1.54) is 32.4 Å². The van der Waals surface area contributed by atoms with E-state index in [0.29, 0.717) is 22.8 Å². The van der Waals surface area contributed by atoms with Gasteiger partial charge in [0.1, 0.15) is 29.7 Å². The Morgan fingerprint density at radius 3 is 2.57 bits per heavy atom. The van der Waals surface area contributed by atoms with Crippen LogP contribution in [0.2, 0.25) is 0 Å². The summed E-state index contributed by atoms with van der Waals surface area (Å²) in [7, 11) is 3.03. The highest BCUT2D eigenvalue weighted by atomic mass is 19.1. The summed E-state index contributed by atoms with van der Waals surface area (Å²) in [6.07, 6.45) is 0. The molecule has 9 heteroatoms. The topological polar surface area (TPSA) is 82.5 Å². The maximum Gasteiger partial charge on any atom is 0.267 e. The predicted octanol–water partition coefficient (Wildman–Crippen LogP) is 2.52. The van der Waals surface area contributed by atoms with E-state index in [9.17, 15) is 18.4 Å². The van der Waals surface area contributed by atoms with E-state index < -0.39 is 23.1 Å². The van der Waals surface area contributed by atoms with Crippen molar-refractivity contribution in [3.05, 3.63) is 76.1 Å². The van der Waals surface area contributed by atoms with Crippen LogP contribution in [-0.4, -0.2) is 29.9 Å². The van der Waals surface area contributed by atoms with Crippen LogP contribution in [0.1, 0.15) is 5.56 Å². The molecule has 0 spiro atoms. The van der Waals surface area contributed by atoms with E-state index in [1.807, 2.05) is 0 Å². The molecule has 7 nitrogen and oxygen atoms in total. The Labute approximate surface area is 170 Å². The summed E-state index contributed by atoms with van der Waals surface area (Å²) in [6.45, 7) is -0.523. The first-order chi connectivity index (χ1) is 14.4. The molecular weight excluding hydrogens is 396 g/mol. The van der Waals surface area contributed by atoms with Gasteiger partial charge < -0.3 is 14.8 Å². The van der Waals surface area contributed by atoms with Crippen molar-refractivity contribution in [2.75, 3.05) is 14.2 Å². The van der Waals surface area contributed by atoms with Crippen molar-refractivity contribution in [3.63, 3.8) is 0 Å². The Bertz CT molecular complexity index is 1130. The highest BCUT2D eigenvalue weighted by Gasteiger charge is 2.13. The Morgan fingerprint density at radius 2 is 1.87 bits per heavy atom. The van der Waals surface area contributed by atoms with Gasteiger partial charge in [0.25, 0.3) is 5.56 Å². The van der Waals surface area contributed by atoms with Gasteiger partial charge in [-0.05, 0) is 30.3 Å². The molecular formula is C21H19F2N3O4. The van der Waals surface area contributed by atoms with Crippen LogP contribution in [-0.2, 0) is 17.9 Å². The first-order valence-electron chi connectivity index (χ1n) is 8.92. The van der Waals surface area contributed by atoms with Gasteiger partial charge in [0.05, 0.1) is 19.9 Å². The van der Waals surface area contributed by atoms with Gasteiger partial charge in [-0.25, -0.2) is 13.5 Å². The molecule has 1 N–H and O–H groups in total. The minimum atomic E-state index is -0.766. The van der Waals surface area contributed by atoms with Crippen molar-refractivity contribution in [2.45, 2.75) is 13.1 Å². The van der Waals surface area contributed by atoms with E-state index in [4.69, 9.17) is 9.47 Å². The Hall–Kier alpha value is -3.75. The Balaban J connectivity index is 1.79. The summed E-state index contributed by atoms with van der Waals surface area (Å²) in [5.74, 6) is -0.932. The van der Waals surface area contributed by atoms with Crippen molar-refractivity contribution in [1.29, 1.82) is 0 Å². The normalized spacial score (nSPS) is 10.5. The highest BCUT2D eigenvalue weighted by molar-refractivity contribution is 5.75. The first-order valence-corrected chi connectivity index (χ1v) is 8.92. The summed E-state index contributed by atoms with van der Waals surface area (Å²) in [4.78, 5) is 24.4. The maximum absolute atomic E-state index is 13.7. The second-order valence-electron chi connectivity index (χ2n) is 6.29.